The number of amides is 1. The summed E-state index contributed by atoms with van der Waals surface area (Å²) >= 11 is 0. The molecule has 3 atom stereocenters. The summed E-state index contributed by atoms with van der Waals surface area (Å²) in [5.74, 6) is 0.815. The third-order valence-corrected chi connectivity index (χ3v) is 6.61. The number of pyridine rings is 2. The summed E-state index contributed by atoms with van der Waals surface area (Å²) in [6.07, 6.45) is 5.13. The van der Waals surface area contributed by atoms with E-state index in [-0.39, 0.29) is 30.6 Å². The summed E-state index contributed by atoms with van der Waals surface area (Å²) in [6.45, 7) is 5.63. The first-order valence-electron chi connectivity index (χ1n) is 12.2. The molecular weight excluding hydrogens is 456 g/mol. The van der Waals surface area contributed by atoms with E-state index in [1.54, 1.807) is 24.4 Å². The van der Waals surface area contributed by atoms with E-state index >= 15 is 0 Å². The number of aliphatic hydroxyl groups is 1. The van der Waals surface area contributed by atoms with Gasteiger partial charge in [-0.05, 0) is 37.7 Å². The minimum Gasteiger partial charge on any atom is -0.496 e. The Bertz CT molecular complexity index is 1170. The fraction of sp³-hybridized carbons (Fsp3) is 0.393. The average Bonchev–Trinajstić information content (AvgIpc) is 2.90. The highest BCUT2D eigenvalue weighted by atomic mass is 16.5. The number of methoxy groups -OCH3 is 1. The monoisotopic (exact) mass is 490 g/mol. The number of benzene rings is 1. The molecule has 1 amide bonds. The minimum absolute atomic E-state index is 0.0168. The van der Waals surface area contributed by atoms with Crippen LogP contribution in [-0.2, 0) is 6.54 Å². The quantitative estimate of drug-likeness (QED) is 0.517. The largest absolute Gasteiger partial charge is 0.496 e. The lowest BCUT2D eigenvalue weighted by atomic mass is 9.99. The van der Waals surface area contributed by atoms with Gasteiger partial charge in [-0.15, -0.1) is 0 Å². The van der Waals surface area contributed by atoms with Gasteiger partial charge in [-0.3, -0.25) is 14.7 Å². The highest BCUT2D eigenvalue weighted by molar-refractivity contribution is 5.98. The lowest BCUT2D eigenvalue weighted by molar-refractivity contribution is 0.0325. The molecule has 1 aliphatic rings. The normalized spacial score (nSPS) is 18.7. The Hall–Kier alpha value is -3.49. The van der Waals surface area contributed by atoms with Gasteiger partial charge < -0.3 is 19.5 Å². The van der Waals surface area contributed by atoms with Gasteiger partial charge in [0.05, 0.1) is 19.8 Å². The molecule has 8 nitrogen and oxygen atoms in total. The lowest BCUT2D eigenvalue weighted by Crippen LogP contribution is -2.49. The predicted octanol–water partition coefficient (Wildman–Crippen LogP) is 3.50. The van der Waals surface area contributed by atoms with Crippen LogP contribution in [0.2, 0.25) is 0 Å². The molecule has 3 heterocycles. The second-order valence-electron chi connectivity index (χ2n) is 9.46. The number of aromatic nitrogens is 2. The number of carbonyl (C=O) groups excluding carboxylic acids is 1. The summed E-state index contributed by atoms with van der Waals surface area (Å²) in [7, 11) is 3.66. The Balaban J connectivity index is 1.68. The summed E-state index contributed by atoms with van der Waals surface area (Å²) in [5, 5.41) is 9.91. The Kier molecular flexibility index (Phi) is 8.18. The van der Waals surface area contributed by atoms with E-state index in [1.807, 2.05) is 62.6 Å². The maximum Gasteiger partial charge on any atom is 0.259 e. The molecule has 0 fully saturated rings. The van der Waals surface area contributed by atoms with E-state index in [0.717, 1.165) is 23.2 Å². The lowest BCUT2D eigenvalue weighted by Gasteiger charge is -2.37. The zero-order valence-corrected chi connectivity index (χ0v) is 21.3. The van der Waals surface area contributed by atoms with E-state index in [4.69, 9.17) is 9.47 Å². The number of carbonyl (C=O) groups is 1. The van der Waals surface area contributed by atoms with Crippen LogP contribution in [0, 0.1) is 5.92 Å². The van der Waals surface area contributed by atoms with Crippen LogP contribution >= 0.6 is 0 Å². The van der Waals surface area contributed by atoms with Crippen molar-refractivity contribution in [2.24, 2.45) is 5.92 Å². The van der Waals surface area contributed by atoms with Crippen molar-refractivity contribution in [1.29, 1.82) is 0 Å². The van der Waals surface area contributed by atoms with Crippen LogP contribution in [0.4, 0.5) is 0 Å². The predicted molar refractivity (Wildman–Crippen MR) is 138 cm³/mol. The Morgan fingerprint density at radius 3 is 2.75 bits per heavy atom. The summed E-state index contributed by atoms with van der Waals surface area (Å²) < 4.78 is 11.9. The maximum atomic E-state index is 13.7. The number of hydrogen-bond donors (Lipinski definition) is 1. The molecule has 1 aromatic carbocycles. The van der Waals surface area contributed by atoms with Gasteiger partial charge >= 0.3 is 0 Å². The zero-order chi connectivity index (χ0) is 25.7. The molecule has 2 aromatic heterocycles. The second kappa shape index (κ2) is 11.5. The third-order valence-electron chi connectivity index (χ3n) is 6.61. The van der Waals surface area contributed by atoms with Crippen molar-refractivity contribution in [3.05, 3.63) is 72.2 Å². The molecular formula is C28H34N4O4. The van der Waals surface area contributed by atoms with Crippen molar-refractivity contribution in [3.63, 3.8) is 0 Å². The van der Waals surface area contributed by atoms with Gasteiger partial charge in [-0.2, -0.15) is 0 Å². The average molecular weight is 491 g/mol. The van der Waals surface area contributed by atoms with Crippen molar-refractivity contribution in [2.75, 3.05) is 33.9 Å². The van der Waals surface area contributed by atoms with Crippen LogP contribution in [0.5, 0.6) is 11.6 Å². The first kappa shape index (κ1) is 25.6. The number of aliphatic hydroxyl groups excluding tert-OH is 1. The van der Waals surface area contributed by atoms with Crippen molar-refractivity contribution in [1.82, 2.24) is 19.8 Å². The minimum atomic E-state index is -0.338. The molecule has 3 aromatic rings. The van der Waals surface area contributed by atoms with E-state index in [1.165, 1.54) is 0 Å². The maximum absolute atomic E-state index is 13.7. The fourth-order valence-electron chi connectivity index (χ4n) is 4.53. The van der Waals surface area contributed by atoms with Gasteiger partial charge in [0.15, 0.2) is 0 Å². The second-order valence-corrected chi connectivity index (χ2v) is 9.46. The molecule has 0 saturated carbocycles. The first-order valence-corrected chi connectivity index (χ1v) is 12.2. The molecule has 0 radical (unpaired) electrons. The first-order chi connectivity index (χ1) is 17.4. The zero-order valence-electron chi connectivity index (χ0n) is 21.3. The summed E-state index contributed by atoms with van der Waals surface area (Å²) in [6, 6.07) is 13.1. The van der Waals surface area contributed by atoms with E-state index in [2.05, 4.69) is 21.8 Å². The highest BCUT2D eigenvalue weighted by Gasteiger charge is 2.34. The Morgan fingerprint density at radius 2 is 2.03 bits per heavy atom. The van der Waals surface area contributed by atoms with Gasteiger partial charge in [0, 0.05) is 55.3 Å². The van der Waals surface area contributed by atoms with Crippen LogP contribution < -0.4 is 9.47 Å². The Labute approximate surface area is 212 Å². The topological polar surface area (TPSA) is 88.0 Å². The number of nitrogens with zero attached hydrogens (tertiary/aromatic N) is 4. The molecule has 190 valence electrons. The van der Waals surface area contributed by atoms with Crippen LogP contribution in [0.15, 0.2) is 61.1 Å². The van der Waals surface area contributed by atoms with Gasteiger partial charge in [0.1, 0.15) is 17.4 Å². The van der Waals surface area contributed by atoms with Crippen molar-refractivity contribution < 1.29 is 19.4 Å². The molecule has 8 heteroatoms. The van der Waals surface area contributed by atoms with Crippen LogP contribution in [0.1, 0.15) is 29.8 Å². The molecule has 0 unspecified atom stereocenters. The molecule has 0 aliphatic carbocycles. The number of rotatable bonds is 8. The van der Waals surface area contributed by atoms with Crippen LogP contribution in [-0.4, -0.2) is 76.8 Å². The molecule has 0 bridgehead atoms. The molecule has 0 spiro atoms. The third kappa shape index (κ3) is 5.66. The molecule has 1 aliphatic heterocycles. The number of para-hydroxylation sites is 1. The molecule has 0 saturated heterocycles. The smallest absolute Gasteiger partial charge is 0.259 e. The van der Waals surface area contributed by atoms with E-state index in [9.17, 15) is 9.90 Å². The van der Waals surface area contributed by atoms with Gasteiger partial charge in [0.2, 0.25) is 5.88 Å². The molecule has 4 rings (SSSR count). The van der Waals surface area contributed by atoms with E-state index in [0.29, 0.717) is 30.3 Å². The van der Waals surface area contributed by atoms with Crippen molar-refractivity contribution in [2.45, 2.75) is 32.5 Å². The van der Waals surface area contributed by atoms with Crippen LogP contribution in [0.3, 0.4) is 0 Å². The number of ether oxygens (including phenoxy) is 2. The fourth-order valence-corrected chi connectivity index (χ4v) is 4.53. The SMILES string of the molecule is COc1ccccc1-c1cnc2c(c1)C(=O)N([C@@H](C)CO)C[C@@H](C)[C@@H](CN(C)Cc1cccnc1)O2. The Morgan fingerprint density at radius 1 is 1.22 bits per heavy atom. The number of likely N-dealkylation sites (N-methyl/N-ethyl adjacent to an activating group) is 1. The summed E-state index contributed by atoms with van der Waals surface area (Å²) in [4.78, 5) is 26.4. The number of hydrogen-bond acceptors (Lipinski definition) is 7. The van der Waals surface area contributed by atoms with Crippen molar-refractivity contribution in [3.8, 4) is 22.8 Å². The number of fused-ring (bicyclic) bond motifs is 1. The van der Waals surface area contributed by atoms with Crippen LogP contribution in [0.25, 0.3) is 11.1 Å². The standard InChI is InChI=1S/C28H34N4O4/c1-19-15-32(20(2)18-33)28(34)24-12-22(23-9-5-6-10-25(23)35-4)14-30-27(24)36-26(19)17-31(3)16-21-8-7-11-29-13-21/h5-14,19-20,26,33H,15-18H2,1-4H3/t19-,20+,26-/m1/s1. The van der Waals surface area contributed by atoms with Gasteiger partial charge in [0.25, 0.3) is 5.91 Å². The summed E-state index contributed by atoms with van der Waals surface area (Å²) in [5.41, 5.74) is 3.10. The van der Waals surface area contributed by atoms with E-state index < -0.39 is 0 Å². The van der Waals surface area contributed by atoms with Gasteiger partial charge in [-0.25, -0.2) is 4.98 Å². The van der Waals surface area contributed by atoms with Gasteiger partial charge in [-0.1, -0.05) is 31.2 Å². The van der Waals surface area contributed by atoms with Crippen molar-refractivity contribution >= 4 is 5.91 Å². The highest BCUT2D eigenvalue weighted by Crippen LogP contribution is 2.34. The molecule has 36 heavy (non-hydrogen) atoms. The molecule has 1 N–H and O–H groups in total.